The van der Waals surface area contributed by atoms with Gasteiger partial charge in [0, 0.05) is 34.4 Å². The molecule has 2 N–H and O–H groups in total. The first-order valence-corrected chi connectivity index (χ1v) is 11.7. The number of amides is 1. The molecule has 0 atom stereocenters. The molecule has 2 aromatic heterocycles. The Kier molecular flexibility index (Phi) is 6.29. The molecule has 5 aromatic rings. The van der Waals surface area contributed by atoms with Crippen LogP contribution in [0.15, 0.2) is 95.6 Å². The zero-order chi connectivity index (χ0) is 23.5. The predicted octanol–water partition coefficient (Wildman–Crippen LogP) is 6.68. The standard InChI is InChI=1S/C26H19BrClN5O/c27-21-16-30-33-24(14-23(32-25(21)33)20-8-4-5-9-22(20)28)29-15-17-10-12-19(13-11-17)31-26(34)18-6-2-1-3-7-18/h1-14,16,29H,15H2,(H,31,34). The molecule has 0 spiro atoms. The van der Waals surface area contributed by atoms with Crippen molar-refractivity contribution in [2.45, 2.75) is 6.54 Å². The maximum absolute atomic E-state index is 12.4. The minimum atomic E-state index is -0.137. The molecule has 0 aliphatic heterocycles. The fourth-order valence-corrected chi connectivity index (χ4v) is 4.14. The van der Waals surface area contributed by atoms with Crippen LogP contribution < -0.4 is 10.6 Å². The Labute approximate surface area is 209 Å². The van der Waals surface area contributed by atoms with Crippen LogP contribution in [0.1, 0.15) is 15.9 Å². The van der Waals surface area contributed by atoms with Crippen molar-refractivity contribution in [2.75, 3.05) is 10.6 Å². The fraction of sp³-hybridized carbons (Fsp3) is 0.0385. The number of fused-ring (bicyclic) bond motifs is 1. The van der Waals surface area contributed by atoms with E-state index in [0.29, 0.717) is 22.8 Å². The van der Waals surface area contributed by atoms with Gasteiger partial charge >= 0.3 is 0 Å². The highest BCUT2D eigenvalue weighted by Gasteiger charge is 2.13. The number of aromatic nitrogens is 3. The molecule has 0 fully saturated rings. The van der Waals surface area contributed by atoms with Crippen LogP contribution in [0.5, 0.6) is 0 Å². The summed E-state index contributed by atoms with van der Waals surface area (Å²) in [7, 11) is 0. The molecule has 0 saturated carbocycles. The van der Waals surface area contributed by atoms with E-state index in [0.717, 1.165) is 32.8 Å². The van der Waals surface area contributed by atoms with Crippen molar-refractivity contribution < 1.29 is 4.79 Å². The van der Waals surface area contributed by atoms with Gasteiger partial charge in [-0.2, -0.15) is 9.61 Å². The van der Waals surface area contributed by atoms with Gasteiger partial charge in [0.25, 0.3) is 5.91 Å². The number of carbonyl (C=O) groups is 1. The molecule has 6 nitrogen and oxygen atoms in total. The third kappa shape index (κ3) is 4.66. The summed E-state index contributed by atoms with van der Waals surface area (Å²) in [5.74, 6) is 0.647. The van der Waals surface area contributed by atoms with Crippen LogP contribution >= 0.6 is 27.5 Å². The Bertz CT molecular complexity index is 1470. The first-order valence-electron chi connectivity index (χ1n) is 10.6. The molecule has 0 aliphatic carbocycles. The lowest BCUT2D eigenvalue weighted by molar-refractivity contribution is 0.102. The summed E-state index contributed by atoms with van der Waals surface area (Å²) in [6.07, 6.45) is 1.72. The van der Waals surface area contributed by atoms with Gasteiger partial charge in [-0.15, -0.1) is 0 Å². The van der Waals surface area contributed by atoms with Crippen LogP contribution in [-0.2, 0) is 6.54 Å². The van der Waals surface area contributed by atoms with E-state index < -0.39 is 0 Å². The molecule has 3 aromatic carbocycles. The lowest BCUT2D eigenvalue weighted by Crippen LogP contribution is -2.11. The molecule has 168 valence electrons. The van der Waals surface area contributed by atoms with E-state index in [4.69, 9.17) is 16.6 Å². The van der Waals surface area contributed by atoms with E-state index in [9.17, 15) is 4.79 Å². The van der Waals surface area contributed by atoms with Crippen LogP contribution in [0.3, 0.4) is 0 Å². The minimum Gasteiger partial charge on any atom is -0.366 e. The van der Waals surface area contributed by atoms with Crippen molar-refractivity contribution in [3.05, 3.63) is 112 Å². The number of rotatable bonds is 6. The fourth-order valence-electron chi connectivity index (χ4n) is 3.56. The van der Waals surface area contributed by atoms with E-state index in [-0.39, 0.29) is 5.91 Å². The Morgan fingerprint density at radius 2 is 1.71 bits per heavy atom. The van der Waals surface area contributed by atoms with Gasteiger partial charge in [0.15, 0.2) is 5.65 Å². The van der Waals surface area contributed by atoms with Crippen LogP contribution in [-0.4, -0.2) is 20.5 Å². The van der Waals surface area contributed by atoms with Gasteiger partial charge in [-0.1, -0.05) is 60.1 Å². The van der Waals surface area contributed by atoms with Crippen LogP contribution in [0.2, 0.25) is 5.02 Å². The van der Waals surface area contributed by atoms with Gasteiger partial charge in [-0.3, -0.25) is 4.79 Å². The van der Waals surface area contributed by atoms with Crippen LogP contribution in [0.4, 0.5) is 11.5 Å². The monoisotopic (exact) mass is 531 g/mol. The summed E-state index contributed by atoms with van der Waals surface area (Å²) in [4.78, 5) is 17.1. The molecule has 5 rings (SSSR count). The molecule has 0 unspecified atom stereocenters. The highest BCUT2D eigenvalue weighted by atomic mass is 79.9. The molecule has 0 bridgehead atoms. The first-order chi connectivity index (χ1) is 16.6. The molecule has 2 heterocycles. The van der Waals surface area contributed by atoms with Crippen molar-refractivity contribution in [2.24, 2.45) is 0 Å². The molecule has 1 amide bonds. The Hall–Kier alpha value is -3.68. The zero-order valence-corrected chi connectivity index (χ0v) is 20.2. The van der Waals surface area contributed by atoms with Gasteiger partial charge in [-0.25, -0.2) is 4.98 Å². The lowest BCUT2D eigenvalue weighted by atomic mass is 10.1. The Morgan fingerprint density at radius 3 is 2.47 bits per heavy atom. The smallest absolute Gasteiger partial charge is 0.255 e. The highest BCUT2D eigenvalue weighted by Crippen LogP contribution is 2.30. The summed E-state index contributed by atoms with van der Waals surface area (Å²) in [6, 6.07) is 26.4. The molecular formula is C26H19BrClN5O. The topological polar surface area (TPSA) is 71.3 Å². The van der Waals surface area contributed by atoms with Gasteiger partial charge in [-0.05, 0) is 51.8 Å². The molecule has 8 heteroatoms. The number of anilines is 2. The predicted molar refractivity (Wildman–Crippen MR) is 139 cm³/mol. The third-order valence-corrected chi connectivity index (χ3v) is 6.19. The summed E-state index contributed by atoms with van der Waals surface area (Å²) >= 11 is 9.94. The van der Waals surface area contributed by atoms with Crippen molar-refractivity contribution in [1.29, 1.82) is 0 Å². The van der Waals surface area contributed by atoms with Gasteiger partial charge in [0.1, 0.15) is 5.82 Å². The zero-order valence-electron chi connectivity index (χ0n) is 17.9. The van der Waals surface area contributed by atoms with Crippen molar-refractivity contribution >= 4 is 50.6 Å². The summed E-state index contributed by atoms with van der Waals surface area (Å²) < 4.78 is 2.54. The second-order valence-corrected chi connectivity index (χ2v) is 8.87. The number of hydrogen-bond donors (Lipinski definition) is 2. The van der Waals surface area contributed by atoms with E-state index >= 15 is 0 Å². The third-order valence-electron chi connectivity index (χ3n) is 5.30. The van der Waals surface area contributed by atoms with Crippen molar-refractivity contribution in [1.82, 2.24) is 14.6 Å². The molecule has 0 radical (unpaired) electrons. The second-order valence-electron chi connectivity index (χ2n) is 7.61. The summed E-state index contributed by atoms with van der Waals surface area (Å²) in [5, 5.41) is 11.4. The number of nitrogens with one attached hydrogen (secondary N) is 2. The van der Waals surface area contributed by atoms with Gasteiger partial charge in [0.2, 0.25) is 0 Å². The number of nitrogens with zero attached hydrogens (tertiary/aromatic N) is 3. The number of carbonyl (C=O) groups excluding carboxylic acids is 1. The summed E-state index contributed by atoms with van der Waals surface area (Å²) in [6.45, 7) is 0.561. The average molecular weight is 533 g/mol. The SMILES string of the molecule is O=C(Nc1ccc(CNc2cc(-c3ccccc3Cl)nc3c(Br)cnn23)cc1)c1ccccc1. The lowest BCUT2D eigenvalue weighted by Gasteiger charge is -2.12. The molecule has 34 heavy (non-hydrogen) atoms. The first kappa shape index (κ1) is 22.1. The quantitative estimate of drug-likeness (QED) is 0.256. The van der Waals surface area contributed by atoms with Crippen LogP contribution in [0, 0.1) is 0 Å². The molecule has 0 saturated heterocycles. The molecular weight excluding hydrogens is 514 g/mol. The van der Waals surface area contributed by atoms with Gasteiger partial charge < -0.3 is 10.6 Å². The highest BCUT2D eigenvalue weighted by molar-refractivity contribution is 9.10. The minimum absolute atomic E-state index is 0.137. The van der Waals surface area contributed by atoms with Crippen LogP contribution in [0.25, 0.3) is 16.9 Å². The maximum atomic E-state index is 12.4. The van der Waals surface area contributed by atoms with Crippen molar-refractivity contribution in [3.8, 4) is 11.3 Å². The average Bonchev–Trinajstić information content (AvgIpc) is 3.25. The number of hydrogen-bond acceptors (Lipinski definition) is 4. The van der Waals surface area contributed by atoms with Gasteiger partial charge in [0.05, 0.1) is 16.4 Å². The van der Waals surface area contributed by atoms with Crippen molar-refractivity contribution in [3.63, 3.8) is 0 Å². The normalized spacial score (nSPS) is 10.9. The number of halogens is 2. The van der Waals surface area contributed by atoms with E-state index in [1.807, 2.05) is 72.8 Å². The Balaban J connectivity index is 1.35. The number of benzene rings is 3. The van der Waals surface area contributed by atoms with E-state index in [1.54, 1.807) is 22.8 Å². The summed E-state index contributed by atoms with van der Waals surface area (Å²) in [5.41, 5.74) is 4.70. The largest absolute Gasteiger partial charge is 0.366 e. The van der Waals surface area contributed by atoms with E-state index in [1.165, 1.54) is 0 Å². The van der Waals surface area contributed by atoms with E-state index in [2.05, 4.69) is 31.7 Å². The second kappa shape index (κ2) is 9.67. The Morgan fingerprint density at radius 1 is 0.971 bits per heavy atom. The maximum Gasteiger partial charge on any atom is 0.255 e. The molecule has 0 aliphatic rings.